The highest BCUT2D eigenvalue weighted by atomic mass is 79.9. The van der Waals surface area contributed by atoms with Crippen molar-refractivity contribution >= 4 is 33.6 Å². The lowest BCUT2D eigenvalue weighted by molar-refractivity contribution is -0.422. The molecule has 0 bridgehead atoms. The fourth-order valence-corrected chi connectivity index (χ4v) is 1.62. The lowest BCUT2D eigenvalue weighted by Crippen LogP contribution is -1.93. The van der Waals surface area contributed by atoms with E-state index in [1.54, 1.807) is 18.2 Å². The summed E-state index contributed by atoms with van der Waals surface area (Å²) in [7, 11) is 0. The lowest BCUT2D eigenvalue weighted by Gasteiger charge is -1.98. The molecule has 1 aromatic rings. The summed E-state index contributed by atoms with van der Waals surface area (Å²) in [6.07, 6.45) is 1.44. The zero-order valence-electron chi connectivity index (χ0n) is 7.33. The van der Waals surface area contributed by atoms with Crippen molar-refractivity contribution < 1.29 is 4.92 Å². The van der Waals surface area contributed by atoms with Crippen LogP contribution in [0.1, 0.15) is 12.5 Å². The van der Waals surface area contributed by atoms with Gasteiger partial charge in [-0.3, -0.25) is 10.1 Å². The molecule has 5 heteroatoms. The van der Waals surface area contributed by atoms with E-state index in [-0.39, 0.29) is 5.70 Å². The molecule has 0 atom stereocenters. The molecule has 1 rings (SSSR count). The van der Waals surface area contributed by atoms with E-state index in [2.05, 4.69) is 15.9 Å². The van der Waals surface area contributed by atoms with E-state index in [0.29, 0.717) is 10.6 Å². The van der Waals surface area contributed by atoms with Gasteiger partial charge in [0.25, 0.3) is 0 Å². The molecule has 0 spiro atoms. The second-order valence-corrected chi connectivity index (χ2v) is 4.03. The Morgan fingerprint density at radius 3 is 2.79 bits per heavy atom. The third kappa shape index (κ3) is 2.82. The second-order valence-electron chi connectivity index (χ2n) is 2.71. The van der Waals surface area contributed by atoms with Gasteiger partial charge in [0.1, 0.15) is 0 Å². The number of halogens is 2. The Hall–Kier alpha value is -0.870. The predicted molar refractivity (Wildman–Crippen MR) is 59.8 cm³/mol. The van der Waals surface area contributed by atoms with Gasteiger partial charge in [-0.15, -0.1) is 0 Å². The van der Waals surface area contributed by atoms with E-state index in [1.165, 1.54) is 13.0 Å². The van der Waals surface area contributed by atoms with E-state index in [1.807, 2.05) is 0 Å². The Labute approximate surface area is 94.7 Å². The number of nitrogens with zero attached hydrogens (tertiary/aromatic N) is 1. The molecule has 0 saturated heterocycles. The molecule has 0 N–H and O–H groups in total. The van der Waals surface area contributed by atoms with Crippen LogP contribution in [-0.2, 0) is 0 Å². The maximum atomic E-state index is 10.4. The molecule has 0 radical (unpaired) electrons. The highest BCUT2D eigenvalue weighted by molar-refractivity contribution is 9.10. The van der Waals surface area contributed by atoms with Gasteiger partial charge in [-0.1, -0.05) is 33.6 Å². The number of benzene rings is 1. The van der Waals surface area contributed by atoms with Gasteiger partial charge in [0, 0.05) is 22.5 Å². The first kappa shape index (κ1) is 11.2. The van der Waals surface area contributed by atoms with Crippen molar-refractivity contribution in [3.63, 3.8) is 0 Å². The van der Waals surface area contributed by atoms with Crippen LogP contribution < -0.4 is 0 Å². The van der Waals surface area contributed by atoms with Gasteiger partial charge in [-0.25, -0.2) is 0 Å². The van der Waals surface area contributed by atoms with Crippen LogP contribution in [0.2, 0.25) is 5.02 Å². The normalized spacial score (nSPS) is 11.5. The van der Waals surface area contributed by atoms with Crippen LogP contribution in [0.3, 0.4) is 0 Å². The molecule has 0 amide bonds. The van der Waals surface area contributed by atoms with E-state index >= 15 is 0 Å². The summed E-state index contributed by atoms with van der Waals surface area (Å²) in [5.41, 5.74) is 0.707. The summed E-state index contributed by atoms with van der Waals surface area (Å²) in [5, 5.41) is 10.9. The molecule has 0 fully saturated rings. The highest BCUT2D eigenvalue weighted by Crippen LogP contribution is 2.23. The van der Waals surface area contributed by atoms with Crippen LogP contribution in [0.5, 0.6) is 0 Å². The summed E-state index contributed by atoms with van der Waals surface area (Å²) >= 11 is 9.13. The van der Waals surface area contributed by atoms with Crippen molar-refractivity contribution in [1.29, 1.82) is 0 Å². The molecule has 0 unspecified atom stereocenters. The van der Waals surface area contributed by atoms with Gasteiger partial charge < -0.3 is 0 Å². The Morgan fingerprint density at radius 1 is 1.64 bits per heavy atom. The van der Waals surface area contributed by atoms with Crippen molar-refractivity contribution in [2.45, 2.75) is 6.92 Å². The maximum Gasteiger partial charge on any atom is 0.243 e. The zero-order valence-corrected chi connectivity index (χ0v) is 9.67. The van der Waals surface area contributed by atoms with Crippen LogP contribution in [0.25, 0.3) is 6.08 Å². The van der Waals surface area contributed by atoms with E-state index in [0.717, 1.165) is 4.47 Å². The Bertz CT molecular complexity index is 404. The number of allylic oxidation sites excluding steroid dienone is 1. The summed E-state index contributed by atoms with van der Waals surface area (Å²) in [5.74, 6) is 0. The average Bonchev–Trinajstić information content (AvgIpc) is 2.09. The molecule has 0 aliphatic heterocycles. The Balaban J connectivity index is 3.09. The molecule has 1 aromatic carbocycles. The fourth-order valence-electron chi connectivity index (χ4n) is 0.896. The first-order chi connectivity index (χ1) is 6.50. The standard InChI is InChI=1S/C9H7BrClNO2/c1-6(12(13)14)4-7-2-3-8(10)5-9(7)11/h2-5H,1H3/b6-4-. The summed E-state index contributed by atoms with van der Waals surface area (Å²) in [4.78, 5) is 9.92. The molecule has 0 saturated carbocycles. The third-order valence-corrected chi connectivity index (χ3v) is 2.44. The van der Waals surface area contributed by atoms with Crippen LogP contribution in [0.4, 0.5) is 0 Å². The summed E-state index contributed by atoms with van der Waals surface area (Å²) in [6.45, 7) is 1.43. The van der Waals surface area contributed by atoms with Crippen LogP contribution >= 0.6 is 27.5 Å². The van der Waals surface area contributed by atoms with Gasteiger partial charge in [0.05, 0.1) is 4.92 Å². The minimum Gasteiger partial charge on any atom is -0.259 e. The minimum atomic E-state index is -0.446. The zero-order chi connectivity index (χ0) is 10.7. The maximum absolute atomic E-state index is 10.4. The number of rotatable bonds is 2. The van der Waals surface area contributed by atoms with E-state index in [9.17, 15) is 10.1 Å². The smallest absolute Gasteiger partial charge is 0.243 e. The molecule has 14 heavy (non-hydrogen) atoms. The van der Waals surface area contributed by atoms with Gasteiger partial charge in [0.2, 0.25) is 5.70 Å². The first-order valence-electron chi connectivity index (χ1n) is 3.78. The minimum absolute atomic E-state index is 0.0641. The van der Waals surface area contributed by atoms with Crippen molar-refractivity contribution in [3.05, 3.63) is 49.1 Å². The van der Waals surface area contributed by atoms with Crippen molar-refractivity contribution in [2.75, 3.05) is 0 Å². The molecule has 0 aliphatic carbocycles. The van der Waals surface area contributed by atoms with Gasteiger partial charge >= 0.3 is 0 Å². The largest absolute Gasteiger partial charge is 0.259 e. The average molecular weight is 277 g/mol. The van der Waals surface area contributed by atoms with Gasteiger partial charge in [-0.05, 0) is 17.7 Å². The molecule has 0 aromatic heterocycles. The van der Waals surface area contributed by atoms with Crippen LogP contribution in [0, 0.1) is 10.1 Å². The third-order valence-electron chi connectivity index (χ3n) is 1.61. The SMILES string of the molecule is C/C(=C/c1ccc(Br)cc1Cl)[N+](=O)[O-]. The number of hydrogen-bond acceptors (Lipinski definition) is 2. The molecule has 0 heterocycles. The lowest BCUT2D eigenvalue weighted by atomic mass is 10.2. The second kappa shape index (κ2) is 4.57. The van der Waals surface area contributed by atoms with Crippen molar-refractivity contribution in [3.8, 4) is 0 Å². The quantitative estimate of drug-likeness (QED) is 0.610. The van der Waals surface area contributed by atoms with Gasteiger partial charge in [-0.2, -0.15) is 0 Å². The summed E-state index contributed by atoms with van der Waals surface area (Å²) in [6, 6.07) is 5.20. The molecule has 74 valence electrons. The fraction of sp³-hybridized carbons (Fsp3) is 0.111. The molecular weight excluding hydrogens is 269 g/mol. The molecule has 3 nitrogen and oxygen atoms in total. The molecular formula is C9H7BrClNO2. The van der Waals surface area contributed by atoms with Crippen LogP contribution in [-0.4, -0.2) is 4.92 Å². The van der Waals surface area contributed by atoms with Crippen molar-refractivity contribution in [1.82, 2.24) is 0 Å². The topological polar surface area (TPSA) is 43.1 Å². The van der Waals surface area contributed by atoms with Gasteiger partial charge in [0.15, 0.2) is 0 Å². The Morgan fingerprint density at radius 2 is 2.29 bits per heavy atom. The molecule has 0 aliphatic rings. The monoisotopic (exact) mass is 275 g/mol. The van der Waals surface area contributed by atoms with Crippen LogP contribution in [0.15, 0.2) is 28.4 Å². The number of nitro groups is 1. The highest BCUT2D eigenvalue weighted by Gasteiger charge is 2.04. The number of hydrogen-bond donors (Lipinski definition) is 0. The van der Waals surface area contributed by atoms with E-state index < -0.39 is 4.92 Å². The first-order valence-corrected chi connectivity index (χ1v) is 4.95. The predicted octanol–water partition coefficient (Wildman–Crippen LogP) is 3.74. The summed E-state index contributed by atoms with van der Waals surface area (Å²) < 4.78 is 0.846. The Kier molecular flexibility index (Phi) is 3.66. The van der Waals surface area contributed by atoms with E-state index in [4.69, 9.17) is 11.6 Å². The van der Waals surface area contributed by atoms with Crippen molar-refractivity contribution in [2.24, 2.45) is 0 Å².